The number of carboxylic acids is 1. The second kappa shape index (κ2) is 23.4. The van der Waals surface area contributed by atoms with E-state index < -0.39 is 60.2 Å². The molecule has 4 amide bonds. The summed E-state index contributed by atoms with van der Waals surface area (Å²) in [6, 6.07) is 5.59. The summed E-state index contributed by atoms with van der Waals surface area (Å²) in [6.45, 7) is 13.8. The minimum atomic E-state index is -1.39. The molecule has 1 fully saturated rings. The van der Waals surface area contributed by atoms with E-state index in [1.807, 2.05) is 47.6 Å². The Bertz CT molecular complexity index is 1320. The Hall–Kier alpha value is -2.55. The van der Waals surface area contributed by atoms with Gasteiger partial charge in [0.1, 0.15) is 6.04 Å². The van der Waals surface area contributed by atoms with Gasteiger partial charge in [0, 0.05) is 27.8 Å². The van der Waals surface area contributed by atoms with Crippen molar-refractivity contribution in [3.8, 4) is 0 Å². The maximum atomic E-state index is 14.1. The maximum absolute atomic E-state index is 14.1. The molecule has 13 nitrogen and oxygen atoms in total. The first kappa shape index (κ1) is 48.5. The Morgan fingerprint density at radius 1 is 0.925 bits per heavy atom. The number of rotatable bonds is 21. The molecule has 14 heteroatoms. The Balaban J connectivity index is 0.0000140. The van der Waals surface area contributed by atoms with Gasteiger partial charge in [-0.2, -0.15) is 0 Å². The van der Waals surface area contributed by atoms with Crippen molar-refractivity contribution in [2.75, 3.05) is 34.9 Å². The van der Waals surface area contributed by atoms with Gasteiger partial charge in [-0.1, -0.05) is 85.2 Å². The molecule has 0 aliphatic carbocycles. The molecule has 3 N–H and O–H groups in total. The van der Waals surface area contributed by atoms with E-state index in [9.17, 15) is 29.1 Å². The summed E-state index contributed by atoms with van der Waals surface area (Å²) in [5.74, 6) is -3.61. The molecule has 0 radical (unpaired) electrons. The van der Waals surface area contributed by atoms with E-state index in [0.717, 1.165) is 5.56 Å². The number of aliphatic carboxylic acids is 1. The molecule has 1 heterocycles. The van der Waals surface area contributed by atoms with E-state index in [1.54, 1.807) is 55.1 Å². The number of nitrogens with one attached hydrogen (secondary N) is 3. The molecule has 1 saturated heterocycles. The number of carboxylic acid groups (broad SMARTS) is 1. The smallest absolute Gasteiger partial charge is 0.548 e. The number of likely N-dealkylation sites (N-methyl/N-ethyl adjacent to an activating group) is 2. The zero-order valence-corrected chi connectivity index (χ0v) is 36.1. The van der Waals surface area contributed by atoms with Crippen molar-refractivity contribution >= 4 is 29.6 Å². The average molecular weight is 754 g/mol. The van der Waals surface area contributed by atoms with Crippen LogP contribution in [-0.2, 0) is 39.9 Å². The van der Waals surface area contributed by atoms with Crippen LogP contribution in [0.25, 0.3) is 0 Å². The summed E-state index contributed by atoms with van der Waals surface area (Å²) in [5, 5.41) is 20.6. The Labute approximate surface area is 339 Å². The topological polar surface area (TPSA) is 169 Å². The average Bonchev–Trinajstić information content (AvgIpc) is 3.59. The molecule has 0 aromatic heterocycles. The predicted molar refractivity (Wildman–Crippen MR) is 198 cm³/mol. The molecule has 294 valence electrons. The SMILES string of the molecule is CCC(C)C(C(CC(=O)N1CCCC1C(OC)C(C)C(=O)NC(Cc1ccccc1)C(=O)[O-])OC)N(C)C(=O)C(NC(=O)C(NC)C(C)C)C(C)C.[Na+]. The van der Waals surface area contributed by atoms with Gasteiger partial charge >= 0.3 is 29.6 Å². The number of benzene rings is 1. The number of amides is 4. The predicted octanol–water partition coefficient (Wildman–Crippen LogP) is -1.23. The first-order valence-electron chi connectivity index (χ1n) is 18.7. The van der Waals surface area contributed by atoms with Gasteiger partial charge in [0.25, 0.3) is 0 Å². The van der Waals surface area contributed by atoms with E-state index in [4.69, 9.17) is 9.47 Å². The summed E-state index contributed by atoms with van der Waals surface area (Å²) in [7, 11) is 6.43. The van der Waals surface area contributed by atoms with Crippen molar-refractivity contribution in [2.45, 2.75) is 123 Å². The van der Waals surface area contributed by atoms with E-state index in [0.29, 0.717) is 25.8 Å². The number of carbonyl (C=O) groups excluding carboxylic acids is 5. The van der Waals surface area contributed by atoms with Gasteiger partial charge in [0.2, 0.25) is 23.6 Å². The second-order valence-electron chi connectivity index (χ2n) is 14.9. The van der Waals surface area contributed by atoms with Gasteiger partial charge in [-0.05, 0) is 49.6 Å². The van der Waals surface area contributed by atoms with Crippen LogP contribution in [0.4, 0.5) is 0 Å². The summed E-state index contributed by atoms with van der Waals surface area (Å²) in [4.78, 5) is 70.1. The number of carbonyl (C=O) groups is 5. The molecule has 2 rings (SSSR count). The molecule has 1 aliphatic heterocycles. The zero-order valence-electron chi connectivity index (χ0n) is 34.1. The molecule has 9 atom stereocenters. The molecule has 9 unspecified atom stereocenters. The fourth-order valence-electron chi connectivity index (χ4n) is 7.40. The second-order valence-corrected chi connectivity index (χ2v) is 14.9. The Morgan fingerprint density at radius 2 is 1.53 bits per heavy atom. The third kappa shape index (κ3) is 13.3. The van der Waals surface area contributed by atoms with Crippen LogP contribution in [0.2, 0.25) is 0 Å². The van der Waals surface area contributed by atoms with Crippen LogP contribution >= 0.6 is 0 Å². The quantitative estimate of drug-likeness (QED) is 0.130. The fraction of sp³-hybridized carbons (Fsp3) is 0.718. The van der Waals surface area contributed by atoms with Crippen LogP contribution in [0, 0.1) is 23.7 Å². The number of ether oxygens (including phenoxy) is 2. The maximum Gasteiger partial charge on any atom is 1.00 e. The molecular weight excluding hydrogens is 689 g/mol. The standard InChI is InChI=1S/C39H65N5O8.Na/c1-12-25(6)34(43(9)38(48)33(24(4)5)42-37(47)32(40-8)23(2)3)30(51-10)22-31(45)44-20-16-19-29(44)35(52-11)26(7)36(46)41-28(39(49)50)21-27-17-14-13-15-18-27;/h13-15,17-18,23-26,28-30,32-35,40H,12,16,19-22H2,1-11H3,(H,41,46)(H,42,47)(H,49,50);/q;+1/p-1. The molecule has 0 bridgehead atoms. The van der Waals surface area contributed by atoms with E-state index in [1.165, 1.54) is 14.2 Å². The number of hydrogen-bond donors (Lipinski definition) is 3. The molecule has 1 aliphatic rings. The van der Waals surface area contributed by atoms with Gasteiger partial charge in [-0.15, -0.1) is 0 Å². The number of nitrogens with zero attached hydrogens (tertiary/aromatic N) is 2. The van der Waals surface area contributed by atoms with E-state index >= 15 is 0 Å². The van der Waals surface area contributed by atoms with Crippen LogP contribution in [0.1, 0.15) is 79.7 Å². The van der Waals surface area contributed by atoms with Crippen molar-refractivity contribution in [2.24, 2.45) is 23.7 Å². The van der Waals surface area contributed by atoms with Gasteiger partial charge in [-0.3, -0.25) is 19.2 Å². The number of methoxy groups -OCH3 is 2. The minimum Gasteiger partial charge on any atom is -0.548 e. The van der Waals surface area contributed by atoms with Gasteiger partial charge < -0.3 is 45.1 Å². The molecule has 53 heavy (non-hydrogen) atoms. The minimum absolute atomic E-state index is 0. The van der Waals surface area contributed by atoms with E-state index in [-0.39, 0.29) is 77.9 Å². The number of likely N-dealkylation sites (tertiary alicyclic amines) is 1. The van der Waals surface area contributed by atoms with Crippen LogP contribution in [0.15, 0.2) is 30.3 Å². The summed E-state index contributed by atoms with van der Waals surface area (Å²) in [6.07, 6.45) is 0.694. The van der Waals surface area contributed by atoms with Crippen LogP contribution in [-0.4, -0.2) is 117 Å². The summed E-state index contributed by atoms with van der Waals surface area (Å²) < 4.78 is 11.8. The van der Waals surface area contributed by atoms with Crippen LogP contribution in [0.5, 0.6) is 0 Å². The first-order chi connectivity index (χ1) is 24.5. The number of hydrogen-bond acceptors (Lipinski definition) is 9. The van der Waals surface area contributed by atoms with Crippen molar-refractivity contribution < 1.29 is 68.1 Å². The molecular formula is C39H64N5NaO8. The zero-order chi connectivity index (χ0) is 39.3. The van der Waals surface area contributed by atoms with Crippen LogP contribution in [0.3, 0.4) is 0 Å². The molecule has 0 saturated carbocycles. The summed E-state index contributed by atoms with van der Waals surface area (Å²) in [5.41, 5.74) is 0.745. The first-order valence-corrected chi connectivity index (χ1v) is 18.7. The molecule has 0 spiro atoms. The fourth-order valence-corrected chi connectivity index (χ4v) is 7.40. The third-order valence-corrected chi connectivity index (χ3v) is 10.6. The van der Waals surface area contributed by atoms with Crippen molar-refractivity contribution in [3.05, 3.63) is 35.9 Å². The molecule has 1 aromatic carbocycles. The normalized spacial score (nSPS) is 18.9. The third-order valence-electron chi connectivity index (χ3n) is 10.6. The Kier molecular flexibility index (Phi) is 21.4. The van der Waals surface area contributed by atoms with Gasteiger partial charge in [-0.25, -0.2) is 0 Å². The van der Waals surface area contributed by atoms with Crippen molar-refractivity contribution in [1.82, 2.24) is 25.8 Å². The van der Waals surface area contributed by atoms with E-state index in [2.05, 4.69) is 16.0 Å². The summed E-state index contributed by atoms with van der Waals surface area (Å²) >= 11 is 0. The van der Waals surface area contributed by atoms with Crippen molar-refractivity contribution in [1.29, 1.82) is 0 Å². The molecule has 1 aromatic rings. The van der Waals surface area contributed by atoms with Gasteiger partial charge in [0.05, 0.1) is 54.7 Å². The monoisotopic (exact) mass is 753 g/mol. The van der Waals surface area contributed by atoms with Gasteiger partial charge in [0.15, 0.2) is 0 Å². The van der Waals surface area contributed by atoms with Crippen molar-refractivity contribution in [3.63, 3.8) is 0 Å². The van der Waals surface area contributed by atoms with Crippen LogP contribution < -0.4 is 50.6 Å². The largest absolute Gasteiger partial charge is 1.00 e. The Morgan fingerprint density at radius 3 is 2.02 bits per heavy atom.